The van der Waals surface area contributed by atoms with Crippen molar-refractivity contribution in [1.82, 2.24) is 0 Å². The molecule has 0 heterocycles. The Kier molecular flexibility index (Phi) is 4.97. The van der Waals surface area contributed by atoms with E-state index in [1.54, 1.807) is 0 Å². The average Bonchev–Trinajstić information content (AvgIpc) is 1.85. The predicted octanol–water partition coefficient (Wildman–Crippen LogP) is 2.27. The summed E-state index contributed by atoms with van der Waals surface area (Å²) in [4.78, 5) is 8.03. The SMILES string of the molecule is CC(I)N=C=NC(C)(N)C(C)C. The molecule has 0 saturated heterocycles. The lowest BCUT2D eigenvalue weighted by atomic mass is 10.0. The second-order valence-electron chi connectivity index (χ2n) is 3.30. The summed E-state index contributed by atoms with van der Waals surface area (Å²) in [7, 11) is 0. The number of nitrogens with two attached hydrogens (primary N) is 1. The van der Waals surface area contributed by atoms with Crippen LogP contribution in [0.25, 0.3) is 0 Å². The van der Waals surface area contributed by atoms with Crippen molar-refractivity contribution in [2.24, 2.45) is 21.6 Å². The summed E-state index contributed by atoms with van der Waals surface area (Å²) < 4.78 is 0.203. The Morgan fingerprint density at radius 3 is 2.25 bits per heavy atom. The summed E-state index contributed by atoms with van der Waals surface area (Å²) in [5.74, 6) is 0.296. The van der Waals surface area contributed by atoms with Gasteiger partial charge < -0.3 is 5.73 Å². The zero-order chi connectivity index (χ0) is 9.78. The van der Waals surface area contributed by atoms with Gasteiger partial charge in [-0.05, 0) is 19.8 Å². The first-order valence-electron chi connectivity index (χ1n) is 3.96. The van der Waals surface area contributed by atoms with Crippen molar-refractivity contribution in [3.8, 4) is 0 Å². The van der Waals surface area contributed by atoms with E-state index in [0.717, 1.165) is 0 Å². The van der Waals surface area contributed by atoms with Crippen molar-refractivity contribution in [2.45, 2.75) is 37.4 Å². The van der Waals surface area contributed by atoms with Crippen LogP contribution in [0.1, 0.15) is 27.7 Å². The van der Waals surface area contributed by atoms with Crippen LogP contribution in [0, 0.1) is 5.92 Å². The lowest BCUT2D eigenvalue weighted by molar-refractivity contribution is 0.357. The second-order valence-corrected chi connectivity index (χ2v) is 5.10. The number of aliphatic imine (C=N–C) groups is 2. The molecule has 2 atom stereocenters. The first-order valence-corrected chi connectivity index (χ1v) is 5.20. The van der Waals surface area contributed by atoms with Gasteiger partial charge in [0.25, 0.3) is 0 Å². The third-order valence-electron chi connectivity index (χ3n) is 1.70. The number of nitrogens with zero attached hydrogens (tertiary/aromatic N) is 2. The number of hydrogen-bond donors (Lipinski definition) is 1. The highest BCUT2D eigenvalue weighted by Crippen LogP contribution is 2.13. The summed E-state index contributed by atoms with van der Waals surface area (Å²) in [5.41, 5.74) is 5.31. The molecule has 0 amide bonds. The van der Waals surface area contributed by atoms with Gasteiger partial charge in [-0.15, -0.1) is 0 Å². The maximum absolute atomic E-state index is 5.85. The standard InChI is InChI=1S/C8H16IN3/c1-6(2)8(4,10)12-5-11-7(3)9/h6-7H,10H2,1-4H3. The normalized spacial score (nSPS) is 17.9. The number of hydrogen-bond acceptors (Lipinski definition) is 3. The maximum Gasteiger partial charge on any atom is 0.118 e. The molecule has 4 heteroatoms. The molecule has 0 rings (SSSR count). The Morgan fingerprint density at radius 2 is 1.92 bits per heavy atom. The van der Waals surface area contributed by atoms with Gasteiger partial charge in [0.15, 0.2) is 0 Å². The third-order valence-corrected chi connectivity index (χ3v) is 1.97. The van der Waals surface area contributed by atoms with E-state index in [2.05, 4.69) is 38.6 Å². The zero-order valence-corrected chi connectivity index (χ0v) is 10.2. The Bertz CT molecular complexity index is 190. The molecule has 3 nitrogen and oxygen atoms in total. The van der Waals surface area contributed by atoms with E-state index < -0.39 is 5.66 Å². The molecule has 0 bridgehead atoms. The van der Waals surface area contributed by atoms with E-state index >= 15 is 0 Å². The van der Waals surface area contributed by atoms with Crippen LogP contribution in [0.5, 0.6) is 0 Å². The lowest BCUT2D eigenvalue weighted by Gasteiger charge is -2.21. The molecule has 0 aromatic rings. The van der Waals surface area contributed by atoms with Crippen LogP contribution < -0.4 is 5.73 Å². The minimum Gasteiger partial charge on any atom is -0.307 e. The van der Waals surface area contributed by atoms with E-state index in [1.165, 1.54) is 0 Å². The summed E-state index contributed by atoms with van der Waals surface area (Å²) in [5, 5.41) is 0. The molecule has 0 aliphatic carbocycles. The monoisotopic (exact) mass is 281 g/mol. The highest BCUT2D eigenvalue weighted by molar-refractivity contribution is 14.1. The van der Waals surface area contributed by atoms with Crippen LogP contribution in [0.2, 0.25) is 0 Å². The molecule has 0 saturated carbocycles. The number of halogens is 1. The van der Waals surface area contributed by atoms with Crippen LogP contribution in [-0.4, -0.2) is 15.7 Å². The quantitative estimate of drug-likeness (QED) is 0.367. The van der Waals surface area contributed by atoms with Crippen molar-refractivity contribution in [3.63, 3.8) is 0 Å². The van der Waals surface area contributed by atoms with Crippen molar-refractivity contribution in [1.29, 1.82) is 0 Å². The largest absolute Gasteiger partial charge is 0.307 e. The molecule has 0 fully saturated rings. The first-order chi connectivity index (χ1) is 5.36. The second kappa shape index (κ2) is 4.94. The van der Waals surface area contributed by atoms with E-state index in [-0.39, 0.29) is 4.05 Å². The molecule has 2 N–H and O–H groups in total. The molecule has 2 unspecified atom stereocenters. The van der Waals surface area contributed by atoms with Gasteiger partial charge >= 0.3 is 0 Å². The van der Waals surface area contributed by atoms with E-state index in [9.17, 15) is 0 Å². The molecule has 0 aliphatic heterocycles. The van der Waals surface area contributed by atoms with Crippen LogP contribution in [0.4, 0.5) is 0 Å². The summed E-state index contributed by atoms with van der Waals surface area (Å²) in [6.07, 6.45) is 0. The van der Waals surface area contributed by atoms with Crippen molar-refractivity contribution < 1.29 is 0 Å². The fourth-order valence-corrected chi connectivity index (χ4v) is 0.470. The Labute approximate surface area is 87.7 Å². The van der Waals surface area contributed by atoms with Gasteiger partial charge in [-0.25, -0.2) is 9.98 Å². The van der Waals surface area contributed by atoms with Gasteiger partial charge in [-0.1, -0.05) is 36.4 Å². The molecule has 0 aromatic heterocycles. The molecule has 12 heavy (non-hydrogen) atoms. The maximum atomic E-state index is 5.85. The smallest absolute Gasteiger partial charge is 0.118 e. The first kappa shape index (κ1) is 12.1. The third kappa shape index (κ3) is 4.85. The Morgan fingerprint density at radius 1 is 1.42 bits per heavy atom. The molecule has 0 radical (unpaired) electrons. The number of alkyl halides is 1. The van der Waals surface area contributed by atoms with Crippen LogP contribution in [0.15, 0.2) is 9.98 Å². The fraction of sp³-hybridized carbons (Fsp3) is 0.875. The molecular weight excluding hydrogens is 265 g/mol. The van der Waals surface area contributed by atoms with Gasteiger partial charge in [-0.2, -0.15) is 0 Å². The number of rotatable bonds is 3. The van der Waals surface area contributed by atoms with Crippen LogP contribution >= 0.6 is 22.6 Å². The fourth-order valence-electron chi connectivity index (χ4n) is 0.345. The van der Waals surface area contributed by atoms with Gasteiger partial charge in [0, 0.05) is 0 Å². The van der Waals surface area contributed by atoms with E-state index in [4.69, 9.17) is 5.73 Å². The minimum atomic E-state index is -0.547. The topological polar surface area (TPSA) is 50.7 Å². The van der Waals surface area contributed by atoms with Gasteiger partial charge in [-0.3, -0.25) is 0 Å². The zero-order valence-electron chi connectivity index (χ0n) is 8.00. The van der Waals surface area contributed by atoms with Gasteiger partial charge in [0.1, 0.15) is 9.71 Å². The lowest BCUT2D eigenvalue weighted by Crippen LogP contribution is -2.39. The molecule has 70 valence electrons. The predicted molar refractivity (Wildman–Crippen MR) is 60.8 cm³/mol. The van der Waals surface area contributed by atoms with Crippen molar-refractivity contribution >= 4 is 28.6 Å². The van der Waals surface area contributed by atoms with Gasteiger partial charge in [0.05, 0.1) is 6.01 Å². The minimum absolute atomic E-state index is 0.203. The van der Waals surface area contributed by atoms with Crippen LogP contribution in [0.3, 0.4) is 0 Å². The highest BCUT2D eigenvalue weighted by atomic mass is 127. The summed E-state index contributed by atoms with van der Waals surface area (Å²) in [6, 6.07) is 2.62. The molecule has 0 aliphatic rings. The van der Waals surface area contributed by atoms with Crippen molar-refractivity contribution in [2.75, 3.05) is 0 Å². The molecular formula is C8H16IN3. The molecule has 0 aromatic carbocycles. The van der Waals surface area contributed by atoms with Gasteiger partial charge in [0.2, 0.25) is 0 Å². The Hall–Kier alpha value is 0.0700. The summed E-state index contributed by atoms with van der Waals surface area (Å²) >= 11 is 2.18. The van der Waals surface area contributed by atoms with Crippen molar-refractivity contribution in [3.05, 3.63) is 0 Å². The molecule has 0 spiro atoms. The van der Waals surface area contributed by atoms with E-state index in [0.29, 0.717) is 5.92 Å². The highest BCUT2D eigenvalue weighted by Gasteiger charge is 2.20. The van der Waals surface area contributed by atoms with Crippen LogP contribution in [-0.2, 0) is 0 Å². The van der Waals surface area contributed by atoms with E-state index in [1.807, 2.05) is 27.7 Å². The Balaban J connectivity index is 4.33. The summed E-state index contributed by atoms with van der Waals surface area (Å²) in [6.45, 7) is 7.89. The average molecular weight is 281 g/mol.